The van der Waals surface area contributed by atoms with Gasteiger partial charge in [0, 0.05) is 19.3 Å². The molecule has 0 fully saturated rings. The Morgan fingerprint density at radius 1 is 1.42 bits per heavy atom. The molecule has 0 aliphatic carbocycles. The fourth-order valence-electron chi connectivity index (χ4n) is 1.90. The van der Waals surface area contributed by atoms with E-state index in [-0.39, 0.29) is 4.90 Å². The Morgan fingerprint density at radius 2 is 2.26 bits per heavy atom. The number of sulfonamides is 1. The van der Waals surface area contributed by atoms with Crippen LogP contribution >= 0.6 is 0 Å². The number of pyridine rings is 1. The van der Waals surface area contributed by atoms with Crippen LogP contribution in [0, 0.1) is 0 Å². The summed E-state index contributed by atoms with van der Waals surface area (Å²) in [7, 11) is -3.66. The molecule has 2 rings (SSSR count). The number of aromatic nitrogens is 1. The number of hydrogen-bond donors (Lipinski definition) is 3. The number of rotatable bonds is 5. The van der Waals surface area contributed by atoms with E-state index in [0.717, 1.165) is 32.5 Å². The van der Waals surface area contributed by atoms with Gasteiger partial charge in [-0.05, 0) is 31.5 Å². The van der Waals surface area contributed by atoms with Crippen LogP contribution in [0.3, 0.4) is 0 Å². The molecule has 4 N–H and O–H groups in total. The minimum atomic E-state index is -3.66. The lowest BCUT2D eigenvalue weighted by Gasteiger charge is -2.14. The van der Waals surface area contributed by atoms with Crippen LogP contribution < -0.4 is 15.8 Å². The van der Waals surface area contributed by atoms with Gasteiger partial charge in [0.05, 0.1) is 0 Å². The summed E-state index contributed by atoms with van der Waals surface area (Å²) in [6, 6.07) is 3.07. The van der Waals surface area contributed by atoms with Crippen molar-refractivity contribution < 1.29 is 8.42 Å². The maximum atomic E-state index is 11.1. The van der Waals surface area contributed by atoms with Crippen molar-refractivity contribution in [2.75, 3.05) is 25.0 Å². The lowest BCUT2D eigenvalue weighted by Crippen LogP contribution is -2.21. The van der Waals surface area contributed by atoms with Crippen molar-refractivity contribution in [1.82, 2.24) is 10.3 Å². The Kier molecular flexibility index (Phi) is 4.52. The zero-order chi connectivity index (χ0) is 13.7. The van der Waals surface area contributed by atoms with Crippen molar-refractivity contribution in [3.63, 3.8) is 0 Å². The Hall–Kier alpha value is -1.44. The molecular formula is C12H18N4O2S. The number of primary sulfonamides is 1. The second kappa shape index (κ2) is 6.14. The van der Waals surface area contributed by atoms with Crippen LogP contribution in [0.5, 0.6) is 0 Å². The van der Waals surface area contributed by atoms with E-state index in [1.54, 1.807) is 6.07 Å². The first-order chi connectivity index (χ1) is 9.05. The van der Waals surface area contributed by atoms with Crippen LogP contribution in [-0.2, 0) is 10.0 Å². The lowest BCUT2D eigenvalue weighted by molar-refractivity contribution is 0.597. The maximum Gasteiger partial charge on any atom is 0.239 e. The molecule has 104 valence electrons. The normalized spacial score (nSPS) is 15.9. The van der Waals surface area contributed by atoms with Gasteiger partial charge < -0.3 is 10.6 Å². The Labute approximate surface area is 113 Å². The molecule has 0 spiro atoms. The second-order valence-electron chi connectivity index (χ2n) is 4.42. The van der Waals surface area contributed by atoms with Gasteiger partial charge in [-0.25, -0.2) is 18.5 Å². The first kappa shape index (κ1) is 14.0. The van der Waals surface area contributed by atoms with Crippen LogP contribution in [-0.4, -0.2) is 33.0 Å². The molecule has 0 radical (unpaired) electrons. The third kappa shape index (κ3) is 4.30. The number of nitrogens with two attached hydrogens (primary N) is 1. The summed E-state index contributed by atoms with van der Waals surface area (Å²) in [5.74, 6) is 0.655. The van der Waals surface area contributed by atoms with Gasteiger partial charge in [-0.1, -0.05) is 11.6 Å². The molecule has 0 atom stereocenters. The fraction of sp³-hybridized carbons (Fsp3) is 0.417. The highest BCUT2D eigenvalue weighted by Crippen LogP contribution is 2.11. The van der Waals surface area contributed by atoms with Crippen molar-refractivity contribution in [1.29, 1.82) is 0 Å². The maximum absolute atomic E-state index is 11.1. The van der Waals surface area contributed by atoms with Gasteiger partial charge in [-0.3, -0.25) is 0 Å². The van der Waals surface area contributed by atoms with Gasteiger partial charge in [0.25, 0.3) is 0 Å². The SMILES string of the molecule is NS(=O)(=O)c1ccc(NCCC2=CCNCC2)nc1. The van der Waals surface area contributed by atoms with Gasteiger partial charge in [0.1, 0.15) is 10.7 Å². The van der Waals surface area contributed by atoms with Crippen molar-refractivity contribution in [3.05, 3.63) is 30.0 Å². The van der Waals surface area contributed by atoms with Gasteiger partial charge in [-0.2, -0.15) is 0 Å². The van der Waals surface area contributed by atoms with Crippen LogP contribution in [0.1, 0.15) is 12.8 Å². The van der Waals surface area contributed by atoms with E-state index in [0.29, 0.717) is 5.82 Å². The average molecular weight is 282 g/mol. The molecule has 0 aromatic carbocycles. The number of anilines is 1. The molecule has 1 aliphatic heterocycles. The first-order valence-corrected chi connectivity index (χ1v) is 7.72. The van der Waals surface area contributed by atoms with Gasteiger partial charge >= 0.3 is 0 Å². The fourth-order valence-corrected chi connectivity index (χ4v) is 2.36. The molecule has 7 heteroatoms. The summed E-state index contributed by atoms with van der Waals surface area (Å²) in [6.45, 7) is 2.76. The molecule has 1 aliphatic rings. The summed E-state index contributed by atoms with van der Waals surface area (Å²) in [6.07, 6.45) is 5.53. The summed E-state index contributed by atoms with van der Waals surface area (Å²) in [5, 5.41) is 11.4. The molecule has 0 bridgehead atoms. The zero-order valence-electron chi connectivity index (χ0n) is 10.6. The Bertz CT molecular complexity index is 552. The smallest absolute Gasteiger partial charge is 0.239 e. The van der Waals surface area contributed by atoms with Crippen LogP contribution in [0.2, 0.25) is 0 Å². The molecule has 6 nitrogen and oxygen atoms in total. The summed E-state index contributed by atoms with van der Waals surface area (Å²) >= 11 is 0. The predicted octanol–water partition coefficient (Wildman–Crippen LogP) is 0.451. The number of hydrogen-bond acceptors (Lipinski definition) is 5. The predicted molar refractivity (Wildman–Crippen MR) is 74.3 cm³/mol. The van der Waals surface area contributed by atoms with Crippen LogP contribution in [0.15, 0.2) is 34.9 Å². The Balaban J connectivity index is 1.85. The molecule has 0 amide bonds. The molecule has 0 saturated heterocycles. The topological polar surface area (TPSA) is 97.1 Å². The summed E-state index contributed by atoms with van der Waals surface area (Å²) < 4.78 is 22.1. The van der Waals surface area contributed by atoms with Gasteiger partial charge in [-0.15, -0.1) is 0 Å². The molecule has 19 heavy (non-hydrogen) atoms. The lowest BCUT2D eigenvalue weighted by atomic mass is 10.1. The van der Waals surface area contributed by atoms with E-state index in [9.17, 15) is 8.42 Å². The molecule has 1 aromatic rings. The van der Waals surface area contributed by atoms with E-state index in [1.165, 1.54) is 17.8 Å². The van der Waals surface area contributed by atoms with E-state index in [2.05, 4.69) is 21.7 Å². The Morgan fingerprint density at radius 3 is 2.84 bits per heavy atom. The summed E-state index contributed by atoms with van der Waals surface area (Å²) in [4.78, 5) is 4.05. The van der Waals surface area contributed by atoms with E-state index in [1.807, 2.05) is 0 Å². The third-order valence-corrected chi connectivity index (χ3v) is 3.87. The van der Waals surface area contributed by atoms with E-state index < -0.39 is 10.0 Å². The second-order valence-corrected chi connectivity index (χ2v) is 5.98. The molecule has 0 saturated carbocycles. The highest BCUT2D eigenvalue weighted by Gasteiger charge is 2.07. The minimum Gasteiger partial charge on any atom is -0.370 e. The van der Waals surface area contributed by atoms with Crippen LogP contribution in [0.4, 0.5) is 5.82 Å². The zero-order valence-corrected chi connectivity index (χ0v) is 11.4. The van der Waals surface area contributed by atoms with Crippen molar-refractivity contribution in [2.24, 2.45) is 5.14 Å². The van der Waals surface area contributed by atoms with Crippen molar-refractivity contribution in [2.45, 2.75) is 17.7 Å². The molecule has 1 aromatic heterocycles. The molecular weight excluding hydrogens is 264 g/mol. The first-order valence-electron chi connectivity index (χ1n) is 6.17. The quantitative estimate of drug-likeness (QED) is 0.681. The standard InChI is InChI=1S/C12H18N4O2S/c13-19(17,18)11-1-2-12(16-9-11)15-8-5-10-3-6-14-7-4-10/h1-3,9,14H,4-8H2,(H,15,16)(H2,13,17,18). The molecule has 0 unspecified atom stereocenters. The van der Waals surface area contributed by atoms with Gasteiger partial charge in [0.2, 0.25) is 10.0 Å². The monoisotopic (exact) mass is 282 g/mol. The minimum absolute atomic E-state index is 0.0270. The highest BCUT2D eigenvalue weighted by atomic mass is 32.2. The summed E-state index contributed by atoms with van der Waals surface area (Å²) in [5.41, 5.74) is 1.44. The van der Waals surface area contributed by atoms with Crippen molar-refractivity contribution >= 4 is 15.8 Å². The van der Waals surface area contributed by atoms with Crippen molar-refractivity contribution in [3.8, 4) is 0 Å². The van der Waals surface area contributed by atoms with E-state index in [4.69, 9.17) is 5.14 Å². The molecule has 2 heterocycles. The number of nitrogens with one attached hydrogen (secondary N) is 2. The highest BCUT2D eigenvalue weighted by molar-refractivity contribution is 7.89. The van der Waals surface area contributed by atoms with E-state index >= 15 is 0 Å². The average Bonchev–Trinajstić information content (AvgIpc) is 2.39. The number of nitrogens with zero attached hydrogens (tertiary/aromatic N) is 1. The van der Waals surface area contributed by atoms with Gasteiger partial charge in [0.15, 0.2) is 0 Å². The largest absolute Gasteiger partial charge is 0.370 e. The third-order valence-electron chi connectivity index (χ3n) is 2.98. The van der Waals surface area contributed by atoms with Crippen LogP contribution in [0.25, 0.3) is 0 Å².